The molecule has 0 aliphatic carbocycles. The molecule has 0 bridgehead atoms. The fourth-order valence-corrected chi connectivity index (χ4v) is 5.50. The van der Waals surface area contributed by atoms with Crippen LogP contribution in [-0.4, -0.2) is 37.9 Å². The summed E-state index contributed by atoms with van der Waals surface area (Å²) in [7, 11) is -3.05. The molecule has 138 valence electrons. The monoisotopic (exact) mass is 372 g/mol. The van der Waals surface area contributed by atoms with Gasteiger partial charge >= 0.3 is 0 Å². The van der Waals surface area contributed by atoms with E-state index in [-0.39, 0.29) is 30.0 Å². The van der Waals surface area contributed by atoms with Crippen molar-refractivity contribution in [1.29, 1.82) is 0 Å². The van der Waals surface area contributed by atoms with Crippen LogP contribution in [0.4, 0.5) is 0 Å². The quantitative estimate of drug-likeness (QED) is 0.814. The summed E-state index contributed by atoms with van der Waals surface area (Å²) < 4.78 is 23.4. The largest absolute Gasteiger partial charge is 0.349 e. The summed E-state index contributed by atoms with van der Waals surface area (Å²) in [6.45, 7) is 1.91. The van der Waals surface area contributed by atoms with Crippen molar-refractivity contribution in [3.63, 3.8) is 0 Å². The summed E-state index contributed by atoms with van der Waals surface area (Å²) in [5, 5.41) is 6.19. The van der Waals surface area contributed by atoms with E-state index in [1.54, 1.807) is 6.92 Å². The molecule has 0 spiro atoms. The molecule has 2 aromatic carbocycles. The van der Waals surface area contributed by atoms with Gasteiger partial charge in [-0.2, -0.15) is 0 Å². The van der Waals surface area contributed by atoms with Crippen LogP contribution in [0.1, 0.15) is 30.5 Å². The fourth-order valence-electron chi connectivity index (χ4n) is 3.40. The number of carbonyl (C=O) groups is 1. The van der Waals surface area contributed by atoms with Crippen LogP contribution in [0.25, 0.3) is 0 Å². The molecule has 2 aromatic rings. The summed E-state index contributed by atoms with van der Waals surface area (Å²) >= 11 is 0. The van der Waals surface area contributed by atoms with E-state index in [0.29, 0.717) is 6.42 Å². The maximum Gasteiger partial charge on any atom is 0.234 e. The van der Waals surface area contributed by atoms with Crippen molar-refractivity contribution in [2.45, 2.75) is 24.9 Å². The molecule has 1 amide bonds. The summed E-state index contributed by atoms with van der Waals surface area (Å²) in [6.07, 6.45) is 0.460. The predicted octanol–water partition coefficient (Wildman–Crippen LogP) is 2.06. The topological polar surface area (TPSA) is 75.3 Å². The zero-order valence-electron chi connectivity index (χ0n) is 14.8. The van der Waals surface area contributed by atoms with Crippen LogP contribution in [0.5, 0.6) is 0 Å². The van der Waals surface area contributed by atoms with Crippen LogP contribution >= 0.6 is 0 Å². The highest BCUT2D eigenvalue weighted by atomic mass is 32.2. The maximum atomic E-state index is 12.4. The number of nitrogens with one attached hydrogen (secondary N) is 2. The molecule has 0 aromatic heterocycles. The Bertz CT molecular complexity index is 814. The van der Waals surface area contributed by atoms with E-state index in [1.165, 1.54) is 0 Å². The van der Waals surface area contributed by atoms with E-state index in [9.17, 15) is 13.2 Å². The van der Waals surface area contributed by atoms with Gasteiger partial charge in [-0.1, -0.05) is 60.7 Å². The standard InChI is InChI=1S/C20H24N2O3S/c1-20(12-13-26(24,25)15-20)22-18(23)14-21-19(16-8-4-2-5-9-16)17-10-6-3-7-11-17/h2-11,19,21H,12-15H2,1H3,(H,22,23). The molecule has 1 fully saturated rings. The van der Waals surface area contributed by atoms with Crippen molar-refractivity contribution < 1.29 is 13.2 Å². The highest BCUT2D eigenvalue weighted by Crippen LogP contribution is 2.23. The zero-order chi connectivity index (χ0) is 18.6. The van der Waals surface area contributed by atoms with Crippen LogP contribution < -0.4 is 10.6 Å². The minimum Gasteiger partial charge on any atom is -0.349 e. The van der Waals surface area contributed by atoms with E-state index >= 15 is 0 Å². The molecule has 1 heterocycles. The lowest BCUT2D eigenvalue weighted by Crippen LogP contribution is -2.50. The molecular formula is C20H24N2O3S. The van der Waals surface area contributed by atoms with Gasteiger partial charge in [0.2, 0.25) is 5.91 Å². The molecular weight excluding hydrogens is 348 g/mol. The van der Waals surface area contributed by atoms with Gasteiger partial charge in [-0.3, -0.25) is 10.1 Å². The SMILES string of the molecule is CC1(NC(=O)CNC(c2ccccc2)c2ccccc2)CCS(=O)(=O)C1. The Labute approximate surface area is 154 Å². The Balaban J connectivity index is 1.68. The van der Waals surface area contributed by atoms with Crippen LogP contribution in [0.3, 0.4) is 0 Å². The minimum atomic E-state index is -3.05. The molecule has 2 N–H and O–H groups in total. The van der Waals surface area contributed by atoms with Crippen LogP contribution in [0, 0.1) is 0 Å². The Kier molecular flexibility index (Phi) is 5.44. The summed E-state index contributed by atoms with van der Waals surface area (Å²) in [5.41, 5.74) is 1.47. The molecule has 1 atom stereocenters. The molecule has 26 heavy (non-hydrogen) atoms. The Hall–Kier alpha value is -2.18. The number of benzene rings is 2. The summed E-state index contributed by atoms with van der Waals surface area (Å²) in [4.78, 5) is 12.4. The van der Waals surface area contributed by atoms with E-state index in [0.717, 1.165) is 11.1 Å². The van der Waals surface area contributed by atoms with Crippen molar-refractivity contribution in [3.8, 4) is 0 Å². The molecule has 6 heteroatoms. The smallest absolute Gasteiger partial charge is 0.234 e. The van der Waals surface area contributed by atoms with Crippen molar-refractivity contribution in [3.05, 3.63) is 71.8 Å². The first-order valence-electron chi connectivity index (χ1n) is 8.72. The van der Waals surface area contributed by atoms with Gasteiger partial charge in [-0.25, -0.2) is 8.42 Å². The van der Waals surface area contributed by atoms with Crippen LogP contribution in [0.2, 0.25) is 0 Å². The van der Waals surface area contributed by atoms with Gasteiger partial charge in [0.1, 0.15) is 0 Å². The second kappa shape index (κ2) is 7.60. The van der Waals surface area contributed by atoms with E-state index in [2.05, 4.69) is 10.6 Å². The van der Waals surface area contributed by atoms with Crippen LogP contribution in [0.15, 0.2) is 60.7 Å². The average molecular weight is 372 g/mol. The number of hydrogen-bond donors (Lipinski definition) is 2. The Morgan fingerprint density at radius 3 is 2.04 bits per heavy atom. The van der Waals surface area contributed by atoms with Gasteiger partial charge in [0, 0.05) is 0 Å². The lowest BCUT2D eigenvalue weighted by Gasteiger charge is -2.25. The average Bonchev–Trinajstić information content (AvgIpc) is 2.89. The van der Waals surface area contributed by atoms with Gasteiger partial charge in [0.25, 0.3) is 0 Å². The van der Waals surface area contributed by atoms with Gasteiger partial charge < -0.3 is 5.32 Å². The van der Waals surface area contributed by atoms with Gasteiger partial charge in [0.05, 0.1) is 29.6 Å². The molecule has 1 saturated heterocycles. The predicted molar refractivity (Wildman–Crippen MR) is 103 cm³/mol. The molecule has 5 nitrogen and oxygen atoms in total. The third-order valence-corrected chi connectivity index (χ3v) is 6.58. The first kappa shape index (κ1) is 18.6. The molecule has 1 aliphatic heterocycles. The lowest BCUT2D eigenvalue weighted by atomic mass is 9.98. The van der Waals surface area contributed by atoms with Crippen LogP contribution in [-0.2, 0) is 14.6 Å². The van der Waals surface area contributed by atoms with E-state index in [4.69, 9.17) is 0 Å². The Morgan fingerprint density at radius 1 is 1.04 bits per heavy atom. The number of rotatable bonds is 6. The molecule has 0 radical (unpaired) electrons. The highest BCUT2D eigenvalue weighted by molar-refractivity contribution is 7.91. The first-order valence-corrected chi connectivity index (χ1v) is 10.5. The number of carbonyl (C=O) groups excluding carboxylic acids is 1. The van der Waals surface area contributed by atoms with E-state index in [1.807, 2.05) is 60.7 Å². The maximum absolute atomic E-state index is 12.4. The van der Waals surface area contributed by atoms with Crippen molar-refractivity contribution in [1.82, 2.24) is 10.6 Å². The zero-order valence-corrected chi connectivity index (χ0v) is 15.6. The third-order valence-electron chi connectivity index (χ3n) is 4.68. The molecule has 1 aliphatic rings. The molecule has 1 unspecified atom stereocenters. The molecule has 3 rings (SSSR count). The van der Waals surface area contributed by atoms with Gasteiger partial charge in [-0.05, 0) is 24.5 Å². The fraction of sp³-hybridized carbons (Fsp3) is 0.350. The number of amides is 1. The Morgan fingerprint density at radius 2 is 1.58 bits per heavy atom. The van der Waals surface area contributed by atoms with Gasteiger partial charge in [0.15, 0.2) is 9.84 Å². The van der Waals surface area contributed by atoms with Crippen molar-refractivity contribution in [2.24, 2.45) is 0 Å². The third kappa shape index (κ3) is 4.71. The van der Waals surface area contributed by atoms with Crippen molar-refractivity contribution in [2.75, 3.05) is 18.1 Å². The molecule has 0 saturated carbocycles. The van der Waals surface area contributed by atoms with Gasteiger partial charge in [-0.15, -0.1) is 0 Å². The second-order valence-corrected chi connectivity index (χ2v) is 9.27. The minimum absolute atomic E-state index is 0.00649. The summed E-state index contributed by atoms with van der Waals surface area (Å²) in [6, 6.07) is 19.8. The normalized spacial score (nSPS) is 21.6. The highest BCUT2D eigenvalue weighted by Gasteiger charge is 2.39. The lowest BCUT2D eigenvalue weighted by molar-refractivity contribution is -0.121. The number of sulfone groups is 1. The summed E-state index contributed by atoms with van der Waals surface area (Å²) in [5.74, 6) is -0.0538. The first-order chi connectivity index (χ1) is 12.4. The second-order valence-electron chi connectivity index (χ2n) is 7.09. The van der Waals surface area contributed by atoms with Crippen molar-refractivity contribution >= 4 is 15.7 Å². The van der Waals surface area contributed by atoms with E-state index < -0.39 is 15.4 Å². The number of hydrogen-bond acceptors (Lipinski definition) is 4.